The van der Waals surface area contributed by atoms with Crippen LogP contribution in [0, 0.1) is 0 Å². The van der Waals surface area contributed by atoms with Crippen molar-refractivity contribution in [3.63, 3.8) is 0 Å². The fourth-order valence-corrected chi connectivity index (χ4v) is 77.9. The van der Waals surface area contributed by atoms with E-state index >= 15 is 0 Å². The monoisotopic (exact) mass is 469 g/mol. The molecule has 0 spiro atoms. The van der Waals surface area contributed by atoms with Gasteiger partial charge in [0.15, 0.2) is 0 Å². The third-order valence-corrected chi connectivity index (χ3v) is 72.1. The van der Waals surface area contributed by atoms with Crippen molar-refractivity contribution >= 4 is 20.1 Å². The van der Waals surface area contributed by atoms with E-state index < -0.39 is 26.0 Å². The molecule has 0 nitrogen and oxygen atoms in total. The summed E-state index contributed by atoms with van der Waals surface area (Å²) in [6, 6.07) is 0. The minimum atomic E-state index is -1.26. The fourth-order valence-electron chi connectivity index (χ4n) is 2.50. The molecule has 4 heteroatoms. The number of hydrogen-bond donors (Lipinski definition) is 0. The summed E-state index contributed by atoms with van der Waals surface area (Å²) >= 11 is -1.26. The Balaban J connectivity index is 5.16. The van der Waals surface area contributed by atoms with Crippen molar-refractivity contribution in [2.75, 3.05) is 37.0 Å². The van der Waals surface area contributed by atoms with Crippen LogP contribution < -0.4 is 0 Å². The summed E-state index contributed by atoms with van der Waals surface area (Å²) in [7, 11) is 7.22. The van der Waals surface area contributed by atoms with Crippen LogP contribution >= 0.6 is 20.1 Å². The van der Waals surface area contributed by atoms with E-state index in [9.17, 15) is 0 Å². The van der Waals surface area contributed by atoms with Gasteiger partial charge in [-0.1, -0.05) is 0 Å². The van der Waals surface area contributed by atoms with Crippen LogP contribution in [0.1, 0.15) is 41.5 Å². The topological polar surface area (TPSA) is 0 Å². The zero-order chi connectivity index (χ0) is 12.8. The van der Waals surface area contributed by atoms with E-state index in [1.807, 2.05) is 0 Å². The predicted molar refractivity (Wildman–Crippen MR) is 87.1 cm³/mol. The molecular weight excluding hydrogens is 437 g/mol. The minimum absolute atomic E-state index is 1.03. The van der Waals surface area contributed by atoms with Gasteiger partial charge in [0.2, 0.25) is 0 Å². The van der Waals surface area contributed by atoms with Gasteiger partial charge in [-0.15, -0.1) is 0 Å². The summed E-state index contributed by atoms with van der Waals surface area (Å²) in [5.41, 5.74) is 0. The summed E-state index contributed by atoms with van der Waals surface area (Å²) in [6.45, 7) is 14.6. The first-order valence-electron chi connectivity index (χ1n) is 6.82. The summed E-state index contributed by atoms with van der Waals surface area (Å²) in [5.74, 6) is 0. The van der Waals surface area contributed by atoms with E-state index in [-0.39, 0.29) is 0 Å². The first kappa shape index (κ1) is 17.8. The molecule has 0 radical (unpaired) electrons. The van der Waals surface area contributed by atoms with E-state index in [1.165, 1.54) is 37.0 Å². The second-order valence-corrected chi connectivity index (χ2v) is 43.6. The van der Waals surface area contributed by atoms with Gasteiger partial charge >= 0.3 is 114 Å². The molecule has 0 aromatic heterocycles. The molecule has 0 aliphatic rings. The Labute approximate surface area is 113 Å². The van der Waals surface area contributed by atoms with Gasteiger partial charge in [-0.05, 0) is 0 Å². The van der Waals surface area contributed by atoms with Gasteiger partial charge in [0.1, 0.15) is 0 Å². The second kappa shape index (κ2) is 8.10. The second-order valence-electron chi connectivity index (χ2n) is 4.54. The quantitative estimate of drug-likeness (QED) is 0.442. The van der Waals surface area contributed by atoms with Crippen LogP contribution in [0.15, 0.2) is 0 Å². The van der Waals surface area contributed by atoms with E-state index in [2.05, 4.69) is 41.5 Å². The molecule has 0 aromatic carbocycles. The van der Waals surface area contributed by atoms with Gasteiger partial charge in [0.25, 0.3) is 0 Å². The standard InChI is InChI=1S/2C6H15P.ClH.Pt.H/c2*1-4-7(5-2)6-3;;;/h2*4-6H2,1-3H3;1H;;/q;;;-1;/p+1. The van der Waals surface area contributed by atoms with Crippen molar-refractivity contribution in [2.24, 2.45) is 0 Å². The zero-order valence-electron chi connectivity index (χ0n) is 12.0. The van der Waals surface area contributed by atoms with Crippen LogP contribution in [0.25, 0.3) is 0 Å². The Morgan fingerprint density at radius 1 is 0.625 bits per heavy atom. The molecule has 0 fully saturated rings. The molecule has 0 amide bonds. The van der Waals surface area contributed by atoms with Crippen molar-refractivity contribution in [1.29, 1.82) is 0 Å². The normalized spacial score (nSPS) is 18.3. The molecule has 0 bridgehead atoms. The van der Waals surface area contributed by atoms with Crippen LogP contribution in [-0.2, 0) is 15.3 Å². The van der Waals surface area contributed by atoms with Gasteiger partial charge < -0.3 is 0 Å². The van der Waals surface area contributed by atoms with Gasteiger partial charge in [-0.2, -0.15) is 0 Å². The Bertz CT molecular complexity index is 155. The predicted octanol–water partition coefficient (Wildman–Crippen LogP) is 4.94. The first-order chi connectivity index (χ1) is 7.52. The Morgan fingerprint density at radius 3 is 0.938 bits per heavy atom. The SMILES string of the molecule is CC[PH](CC)(CC)[PtH]([Cl])[PH](CC)(CC)CC. The maximum absolute atomic E-state index is 7.22. The first-order valence-corrected chi connectivity index (χ1v) is 21.9. The molecule has 0 N–H and O–H groups in total. The van der Waals surface area contributed by atoms with Crippen molar-refractivity contribution in [3.05, 3.63) is 0 Å². The molecule has 0 unspecified atom stereocenters. The molecule has 16 heavy (non-hydrogen) atoms. The molecule has 0 saturated carbocycles. The van der Waals surface area contributed by atoms with Gasteiger partial charge in [0.05, 0.1) is 0 Å². The van der Waals surface area contributed by atoms with Crippen LogP contribution in [0.3, 0.4) is 0 Å². The van der Waals surface area contributed by atoms with Crippen molar-refractivity contribution in [2.45, 2.75) is 41.5 Å². The molecule has 0 aromatic rings. The molecule has 0 rings (SSSR count). The number of hydrogen-bond acceptors (Lipinski definition) is 0. The zero-order valence-corrected chi connectivity index (χ0v) is 17.1. The third-order valence-electron chi connectivity index (χ3n) is 4.33. The Morgan fingerprint density at radius 2 is 0.812 bits per heavy atom. The van der Waals surface area contributed by atoms with Crippen LogP contribution in [0.4, 0.5) is 0 Å². The van der Waals surface area contributed by atoms with Gasteiger partial charge in [-0.3, -0.25) is 0 Å². The Hall–Kier alpha value is 1.84. The third kappa shape index (κ3) is 3.44. The van der Waals surface area contributed by atoms with Gasteiger partial charge in [0, 0.05) is 0 Å². The number of rotatable bonds is 8. The van der Waals surface area contributed by atoms with Crippen LogP contribution in [0.5, 0.6) is 0 Å². The molecule has 0 heterocycles. The maximum atomic E-state index is 7.22. The van der Waals surface area contributed by atoms with Gasteiger partial charge in [-0.25, -0.2) is 0 Å². The van der Waals surface area contributed by atoms with E-state index in [4.69, 9.17) is 9.42 Å². The summed E-state index contributed by atoms with van der Waals surface area (Å²) in [4.78, 5) is 0. The van der Waals surface area contributed by atoms with Crippen molar-refractivity contribution in [3.8, 4) is 0 Å². The van der Waals surface area contributed by atoms with Crippen LogP contribution in [-0.4, -0.2) is 37.0 Å². The average molecular weight is 470 g/mol. The molecule has 0 aliphatic carbocycles. The molecule has 0 atom stereocenters. The molecule has 0 saturated heterocycles. The fraction of sp³-hybridized carbons (Fsp3) is 1.00. The van der Waals surface area contributed by atoms with E-state index in [1.54, 1.807) is 0 Å². The Kier molecular flexibility index (Phi) is 9.03. The molecule has 0 aliphatic heterocycles. The summed E-state index contributed by atoms with van der Waals surface area (Å²) in [6.07, 6.45) is 8.71. The summed E-state index contributed by atoms with van der Waals surface area (Å²) < 4.78 is 0. The van der Waals surface area contributed by atoms with Crippen molar-refractivity contribution < 1.29 is 15.3 Å². The van der Waals surface area contributed by atoms with Crippen molar-refractivity contribution in [1.82, 2.24) is 0 Å². The van der Waals surface area contributed by atoms with Crippen LogP contribution in [0.2, 0.25) is 0 Å². The summed E-state index contributed by atoms with van der Waals surface area (Å²) in [5, 5.41) is -2.05. The van der Waals surface area contributed by atoms with E-state index in [0.717, 1.165) is 0 Å². The molecular formula is C12H33ClP2Pt. The number of halogens is 1. The van der Waals surface area contributed by atoms with E-state index in [0.29, 0.717) is 0 Å². The average Bonchev–Trinajstić information content (AvgIpc) is 2.35. The molecule has 108 valence electrons.